The van der Waals surface area contributed by atoms with Gasteiger partial charge in [-0.2, -0.15) is 5.10 Å². The number of hydrogen-bond donors (Lipinski definition) is 1. The molecular formula is C12H20N2O2. The first-order valence-corrected chi connectivity index (χ1v) is 5.89. The maximum absolute atomic E-state index is 10.5. The van der Waals surface area contributed by atoms with Gasteiger partial charge in [0, 0.05) is 32.4 Å². The number of rotatable bonds is 2. The van der Waals surface area contributed by atoms with Crippen molar-refractivity contribution in [2.45, 2.75) is 38.2 Å². The van der Waals surface area contributed by atoms with Gasteiger partial charge in [-0.3, -0.25) is 4.68 Å². The minimum absolute atomic E-state index is 0.614. The first kappa shape index (κ1) is 11.6. The topological polar surface area (TPSA) is 47.3 Å². The average molecular weight is 224 g/mol. The molecule has 1 aliphatic rings. The van der Waals surface area contributed by atoms with Gasteiger partial charge in [-0.1, -0.05) is 0 Å². The van der Waals surface area contributed by atoms with Crippen LogP contribution in [0, 0.1) is 6.92 Å². The van der Waals surface area contributed by atoms with Crippen LogP contribution in [-0.2, 0) is 18.2 Å². The van der Waals surface area contributed by atoms with Gasteiger partial charge in [-0.15, -0.1) is 0 Å². The molecule has 16 heavy (non-hydrogen) atoms. The third-order valence-electron chi connectivity index (χ3n) is 3.25. The quantitative estimate of drug-likeness (QED) is 0.821. The summed E-state index contributed by atoms with van der Waals surface area (Å²) in [5, 5.41) is 14.8. The fraction of sp³-hybridized carbons (Fsp3) is 0.750. The Morgan fingerprint density at radius 3 is 3.00 bits per heavy atom. The van der Waals surface area contributed by atoms with Crippen molar-refractivity contribution < 1.29 is 9.84 Å². The highest BCUT2D eigenvalue weighted by atomic mass is 16.5. The van der Waals surface area contributed by atoms with Crippen molar-refractivity contribution >= 4 is 0 Å². The maximum atomic E-state index is 10.5. The summed E-state index contributed by atoms with van der Waals surface area (Å²) in [5.41, 5.74) is 1.49. The van der Waals surface area contributed by atoms with Crippen LogP contribution < -0.4 is 0 Å². The van der Waals surface area contributed by atoms with Crippen LogP contribution in [-0.4, -0.2) is 33.7 Å². The van der Waals surface area contributed by atoms with Crippen molar-refractivity contribution in [1.82, 2.24) is 9.78 Å². The molecule has 1 aromatic rings. The normalized spacial score (nSPS) is 26.7. The Labute approximate surface area is 96.2 Å². The lowest BCUT2D eigenvalue weighted by Gasteiger charge is -2.25. The number of aromatic nitrogens is 2. The second-order valence-corrected chi connectivity index (χ2v) is 4.77. The Balaban J connectivity index is 2.09. The Morgan fingerprint density at radius 2 is 2.31 bits per heavy atom. The van der Waals surface area contributed by atoms with Crippen molar-refractivity contribution in [3.8, 4) is 0 Å². The molecule has 0 amide bonds. The molecule has 90 valence electrons. The number of aryl methyl sites for hydroxylation is 2. The zero-order chi connectivity index (χ0) is 11.6. The molecule has 1 atom stereocenters. The molecule has 0 radical (unpaired) electrons. The van der Waals surface area contributed by atoms with Gasteiger partial charge in [0.25, 0.3) is 0 Å². The number of ether oxygens (including phenoxy) is 1. The van der Waals surface area contributed by atoms with Gasteiger partial charge < -0.3 is 9.84 Å². The first-order chi connectivity index (χ1) is 7.59. The fourth-order valence-corrected chi connectivity index (χ4v) is 2.34. The van der Waals surface area contributed by atoms with Crippen molar-refractivity contribution in [3.05, 3.63) is 17.5 Å². The van der Waals surface area contributed by atoms with Gasteiger partial charge in [0.05, 0.1) is 11.3 Å². The molecular weight excluding hydrogens is 204 g/mol. The molecule has 4 nitrogen and oxygen atoms in total. The van der Waals surface area contributed by atoms with Gasteiger partial charge in [-0.25, -0.2) is 0 Å². The molecule has 2 heterocycles. The molecule has 1 aromatic heterocycles. The third-order valence-corrected chi connectivity index (χ3v) is 3.25. The van der Waals surface area contributed by atoms with E-state index in [0.717, 1.165) is 37.3 Å². The van der Waals surface area contributed by atoms with Gasteiger partial charge >= 0.3 is 0 Å². The lowest BCUT2D eigenvalue weighted by atomic mass is 9.90. The van der Waals surface area contributed by atoms with Crippen molar-refractivity contribution in [2.75, 3.05) is 13.2 Å². The minimum Gasteiger partial charge on any atom is -0.389 e. The van der Waals surface area contributed by atoms with Gasteiger partial charge in [0.1, 0.15) is 0 Å². The van der Waals surface area contributed by atoms with E-state index < -0.39 is 5.60 Å². The monoisotopic (exact) mass is 224 g/mol. The molecule has 0 bridgehead atoms. The van der Waals surface area contributed by atoms with E-state index in [4.69, 9.17) is 4.74 Å². The van der Waals surface area contributed by atoms with Gasteiger partial charge in [-0.05, 0) is 32.3 Å². The summed E-state index contributed by atoms with van der Waals surface area (Å²) < 4.78 is 7.24. The Hall–Kier alpha value is -0.870. The van der Waals surface area contributed by atoms with Crippen molar-refractivity contribution in [2.24, 2.45) is 7.05 Å². The standard InChI is InChI=1S/C12H20N2O2/c1-10-8-11(14(2)13-10)9-12(15)4-3-6-16-7-5-12/h8,15H,3-7,9H2,1-2H3. The van der Waals surface area contributed by atoms with Crippen LogP contribution in [0.1, 0.15) is 30.7 Å². The van der Waals surface area contributed by atoms with E-state index in [1.54, 1.807) is 0 Å². The fourth-order valence-electron chi connectivity index (χ4n) is 2.34. The van der Waals surface area contributed by atoms with Crippen LogP contribution in [0.5, 0.6) is 0 Å². The molecule has 4 heteroatoms. The van der Waals surface area contributed by atoms with Crippen LogP contribution in [0.4, 0.5) is 0 Å². The van der Waals surface area contributed by atoms with Gasteiger partial charge in [0.2, 0.25) is 0 Å². The summed E-state index contributed by atoms with van der Waals surface area (Å²) >= 11 is 0. The maximum Gasteiger partial charge on any atom is 0.0725 e. The Morgan fingerprint density at radius 1 is 1.50 bits per heavy atom. The van der Waals surface area contributed by atoms with Crippen LogP contribution in [0.25, 0.3) is 0 Å². The lowest BCUT2D eigenvalue weighted by molar-refractivity contribution is 0.0173. The average Bonchev–Trinajstić information content (AvgIpc) is 2.41. The summed E-state index contributed by atoms with van der Waals surface area (Å²) in [7, 11) is 1.93. The first-order valence-electron chi connectivity index (χ1n) is 5.89. The van der Waals surface area contributed by atoms with Gasteiger partial charge in [0.15, 0.2) is 0 Å². The summed E-state index contributed by atoms with van der Waals surface area (Å²) in [4.78, 5) is 0. The second kappa shape index (κ2) is 4.55. The van der Waals surface area contributed by atoms with E-state index >= 15 is 0 Å². The molecule has 1 aliphatic heterocycles. The zero-order valence-electron chi connectivity index (χ0n) is 10.1. The molecule has 0 saturated carbocycles. The largest absolute Gasteiger partial charge is 0.389 e. The van der Waals surface area contributed by atoms with E-state index in [1.807, 2.05) is 24.7 Å². The smallest absolute Gasteiger partial charge is 0.0725 e. The summed E-state index contributed by atoms with van der Waals surface area (Å²) in [6.45, 7) is 3.41. The predicted molar refractivity (Wildman–Crippen MR) is 61.3 cm³/mol. The molecule has 0 aliphatic carbocycles. The van der Waals surface area contributed by atoms with E-state index in [1.165, 1.54) is 0 Å². The van der Waals surface area contributed by atoms with E-state index in [9.17, 15) is 5.11 Å². The highest BCUT2D eigenvalue weighted by Gasteiger charge is 2.29. The molecule has 1 unspecified atom stereocenters. The Bertz CT molecular complexity index is 352. The third kappa shape index (κ3) is 2.62. The van der Waals surface area contributed by atoms with E-state index in [-0.39, 0.29) is 0 Å². The molecule has 1 saturated heterocycles. The molecule has 0 spiro atoms. The second-order valence-electron chi connectivity index (χ2n) is 4.77. The number of aliphatic hydroxyl groups is 1. The van der Waals surface area contributed by atoms with Crippen LogP contribution >= 0.6 is 0 Å². The van der Waals surface area contributed by atoms with Crippen LogP contribution in [0.2, 0.25) is 0 Å². The highest BCUT2D eigenvalue weighted by Crippen LogP contribution is 2.25. The van der Waals surface area contributed by atoms with Crippen molar-refractivity contribution in [3.63, 3.8) is 0 Å². The van der Waals surface area contributed by atoms with Crippen molar-refractivity contribution in [1.29, 1.82) is 0 Å². The molecule has 1 N–H and O–H groups in total. The lowest BCUT2D eigenvalue weighted by Crippen LogP contribution is -2.32. The minimum atomic E-state index is -0.614. The number of hydrogen-bond acceptors (Lipinski definition) is 3. The summed E-state index contributed by atoms with van der Waals surface area (Å²) in [6.07, 6.45) is 3.15. The number of nitrogens with zero attached hydrogens (tertiary/aromatic N) is 2. The molecule has 0 aromatic carbocycles. The predicted octanol–water partition coefficient (Wildman–Crippen LogP) is 1.20. The van der Waals surface area contributed by atoms with E-state index in [0.29, 0.717) is 13.0 Å². The van der Waals surface area contributed by atoms with Crippen LogP contribution in [0.3, 0.4) is 0 Å². The zero-order valence-corrected chi connectivity index (χ0v) is 10.1. The Kier molecular flexibility index (Phi) is 3.30. The highest BCUT2D eigenvalue weighted by molar-refractivity contribution is 5.11. The van der Waals surface area contributed by atoms with E-state index in [2.05, 4.69) is 5.10 Å². The molecule has 1 fully saturated rings. The molecule has 2 rings (SSSR count). The SMILES string of the molecule is Cc1cc(CC2(O)CCCOCC2)n(C)n1. The summed E-state index contributed by atoms with van der Waals surface area (Å²) in [5.74, 6) is 0. The van der Waals surface area contributed by atoms with Crippen LogP contribution in [0.15, 0.2) is 6.07 Å². The summed E-state index contributed by atoms with van der Waals surface area (Å²) in [6, 6.07) is 2.05.